The minimum Gasteiger partial charge on any atom is -0.357 e. The quantitative estimate of drug-likeness (QED) is 0.528. The Labute approximate surface area is 190 Å². The van der Waals surface area contributed by atoms with E-state index in [4.69, 9.17) is 16.6 Å². The summed E-state index contributed by atoms with van der Waals surface area (Å²) in [6, 6.07) is 8.18. The first-order valence-corrected chi connectivity index (χ1v) is 11.9. The first-order valence-electron chi connectivity index (χ1n) is 11.6. The Balaban J connectivity index is 1.25. The van der Waals surface area contributed by atoms with Crippen molar-refractivity contribution in [3.63, 3.8) is 0 Å². The fourth-order valence-electron chi connectivity index (χ4n) is 4.61. The van der Waals surface area contributed by atoms with Gasteiger partial charge in [-0.3, -0.25) is 15.0 Å². The highest BCUT2D eigenvalue weighted by molar-refractivity contribution is 6.31. The smallest absolute Gasteiger partial charge is 0.193 e. The van der Waals surface area contributed by atoms with E-state index in [0.29, 0.717) is 11.8 Å². The summed E-state index contributed by atoms with van der Waals surface area (Å²) in [7, 11) is 0. The maximum Gasteiger partial charge on any atom is 0.193 e. The fraction of sp³-hybridized carbons (Fsp3) is 0.609. The minimum absolute atomic E-state index is 0.476. The molecular weight excluding hydrogens is 410 g/mol. The Morgan fingerprint density at radius 3 is 2.61 bits per heavy atom. The summed E-state index contributed by atoms with van der Waals surface area (Å²) in [6.45, 7) is 9.14. The molecule has 1 aromatic heterocycles. The highest BCUT2D eigenvalue weighted by Crippen LogP contribution is 2.26. The Kier molecular flexibility index (Phi) is 7.81. The topological polar surface area (TPSA) is 72.4 Å². The van der Waals surface area contributed by atoms with E-state index >= 15 is 0 Å². The SMILES string of the molecule is CCNC(=NCC1CCN(Cc2ccccc2Cl)CC1)N1CCC(c2ncn[nH]2)CC1. The van der Waals surface area contributed by atoms with Crippen LogP contribution in [0.3, 0.4) is 0 Å². The average molecular weight is 444 g/mol. The van der Waals surface area contributed by atoms with Crippen LogP contribution in [0.5, 0.6) is 0 Å². The Morgan fingerprint density at radius 2 is 1.94 bits per heavy atom. The maximum atomic E-state index is 6.33. The van der Waals surface area contributed by atoms with Crippen molar-refractivity contribution in [1.82, 2.24) is 30.3 Å². The van der Waals surface area contributed by atoms with Crippen molar-refractivity contribution < 1.29 is 0 Å². The lowest BCUT2D eigenvalue weighted by Crippen LogP contribution is -2.45. The zero-order valence-corrected chi connectivity index (χ0v) is 19.2. The zero-order chi connectivity index (χ0) is 21.5. The van der Waals surface area contributed by atoms with Crippen LogP contribution in [0.1, 0.15) is 49.9 Å². The lowest BCUT2D eigenvalue weighted by molar-refractivity contribution is 0.180. The van der Waals surface area contributed by atoms with Gasteiger partial charge in [-0.15, -0.1) is 0 Å². The van der Waals surface area contributed by atoms with Gasteiger partial charge in [0.2, 0.25) is 0 Å². The molecule has 0 radical (unpaired) electrons. The van der Waals surface area contributed by atoms with Crippen LogP contribution >= 0.6 is 11.6 Å². The van der Waals surface area contributed by atoms with Crippen LogP contribution in [0.2, 0.25) is 5.02 Å². The van der Waals surface area contributed by atoms with Crippen LogP contribution in [0.25, 0.3) is 0 Å². The van der Waals surface area contributed by atoms with E-state index in [0.717, 1.165) is 75.5 Å². The summed E-state index contributed by atoms with van der Waals surface area (Å²) < 4.78 is 0. The van der Waals surface area contributed by atoms with Gasteiger partial charge in [0.1, 0.15) is 12.2 Å². The van der Waals surface area contributed by atoms with Gasteiger partial charge >= 0.3 is 0 Å². The monoisotopic (exact) mass is 443 g/mol. The van der Waals surface area contributed by atoms with Gasteiger partial charge in [-0.2, -0.15) is 5.10 Å². The fourth-order valence-corrected chi connectivity index (χ4v) is 4.81. The summed E-state index contributed by atoms with van der Waals surface area (Å²) >= 11 is 6.33. The van der Waals surface area contributed by atoms with Gasteiger partial charge in [0.05, 0.1) is 0 Å². The van der Waals surface area contributed by atoms with Gasteiger partial charge in [0, 0.05) is 43.7 Å². The van der Waals surface area contributed by atoms with Crippen molar-refractivity contribution in [3.8, 4) is 0 Å². The average Bonchev–Trinajstić information content (AvgIpc) is 3.34. The summed E-state index contributed by atoms with van der Waals surface area (Å²) in [5, 5.41) is 11.4. The Bertz CT molecular complexity index is 822. The molecule has 2 aliphatic rings. The predicted molar refractivity (Wildman–Crippen MR) is 125 cm³/mol. The molecule has 31 heavy (non-hydrogen) atoms. The molecule has 3 heterocycles. The molecule has 0 spiro atoms. The van der Waals surface area contributed by atoms with Crippen LogP contribution in [-0.2, 0) is 6.54 Å². The van der Waals surface area contributed by atoms with Crippen LogP contribution < -0.4 is 5.32 Å². The molecule has 2 aromatic rings. The molecule has 0 bridgehead atoms. The van der Waals surface area contributed by atoms with Gasteiger partial charge < -0.3 is 10.2 Å². The Morgan fingerprint density at radius 1 is 1.16 bits per heavy atom. The number of H-pyrrole nitrogens is 1. The molecule has 1 aromatic carbocycles. The molecule has 2 fully saturated rings. The van der Waals surface area contributed by atoms with Crippen molar-refractivity contribution in [2.75, 3.05) is 39.3 Å². The van der Waals surface area contributed by atoms with E-state index in [2.05, 4.69) is 49.4 Å². The van der Waals surface area contributed by atoms with Gasteiger partial charge in [-0.05, 0) is 63.2 Å². The van der Waals surface area contributed by atoms with Crippen molar-refractivity contribution in [1.29, 1.82) is 0 Å². The highest BCUT2D eigenvalue weighted by Gasteiger charge is 2.25. The van der Waals surface area contributed by atoms with Crippen molar-refractivity contribution in [3.05, 3.63) is 47.0 Å². The van der Waals surface area contributed by atoms with E-state index in [9.17, 15) is 0 Å². The standard InChI is InChI=1S/C23H34ClN7/c1-2-25-23(31-13-9-19(10-14-31)22-27-17-28-29-22)26-15-18-7-11-30(12-8-18)16-20-5-3-4-6-21(20)24/h3-6,17-19H,2,7-16H2,1H3,(H,25,26)(H,27,28,29). The second kappa shape index (κ2) is 11.0. The number of aliphatic imine (C=N–C) groups is 1. The van der Waals surface area contributed by atoms with Crippen molar-refractivity contribution in [2.24, 2.45) is 10.9 Å². The number of likely N-dealkylation sites (tertiary alicyclic amines) is 2. The molecule has 168 valence electrons. The van der Waals surface area contributed by atoms with Crippen LogP contribution in [0.15, 0.2) is 35.6 Å². The normalized spacial score (nSPS) is 19.7. The lowest BCUT2D eigenvalue weighted by Gasteiger charge is -2.34. The molecule has 0 aliphatic carbocycles. The molecule has 0 atom stereocenters. The summed E-state index contributed by atoms with van der Waals surface area (Å²) in [5.74, 6) is 3.22. The summed E-state index contributed by atoms with van der Waals surface area (Å²) in [6.07, 6.45) is 6.16. The third-order valence-electron chi connectivity index (χ3n) is 6.51. The molecule has 0 saturated carbocycles. The Hall–Kier alpha value is -2.12. The van der Waals surface area contributed by atoms with E-state index < -0.39 is 0 Å². The van der Waals surface area contributed by atoms with Crippen molar-refractivity contribution >= 4 is 17.6 Å². The molecule has 8 heteroatoms. The summed E-state index contributed by atoms with van der Waals surface area (Å²) in [4.78, 5) is 14.3. The number of aromatic amines is 1. The van der Waals surface area contributed by atoms with Crippen LogP contribution in [0.4, 0.5) is 0 Å². The van der Waals surface area contributed by atoms with E-state index in [1.54, 1.807) is 6.33 Å². The van der Waals surface area contributed by atoms with E-state index in [1.165, 1.54) is 18.4 Å². The molecule has 2 N–H and O–H groups in total. The number of piperidine rings is 2. The third-order valence-corrected chi connectivity index (χ3v) is 6.88. The highest BCUT2D eigenvalue weighted by atomic mass is 35.5. The number of nitrogens with one attached hydrogen (secondary N) is 2. The minimum atomic E-state index is 0.476. The number of guanidine groups is 1. The molecule has 0 unspecified atom stereocenters. The van der Waals surface area contributed by atoms with Gasteiger partial charge in [-0.25, -0.2) is 4.98 Å². The van der Waals surface area contributed by atoms with Crippen LogP contribution in [-0.4, -0.2) is 70.2 Å². The number of rotatable bonds is 6. The van der Waals surface area contributed by atoms with Crippen molar-refractivity contribution in [2.45, 2.75) is 45.1 Å². The summed E-state index contributed by atoms with van der Waals surface area (Å²) in [5.41, 5.74) is 1.23. The number of hydrogen-bond acceptors (Lipinski definition) is 4. The zero-order valence-electron chi connectivity index (χ0n) is 18.4. The molecule has 2 aliphatic heterocycles. The van der Waals surface area contributed by atoms with E-state index in [1.807, 2.05) is 12.1 Å². The first-order chi connectivity index (χ1) is 15.2. The number of nitrogens with zero attached hydrogens (tertiary/aromatic N) is 5. The third kappa shape index (κ3) is 5.98. The van der Waals surface area contributed by atoms with Gasteiger partial charge in [-0.1, -0.05) is 29.8 Å². The number of benzene rings is 1. The lowest BCUT2D eigenvalue weighted by atomic mass is 9.96. The second-order valence-electron chi connectivity index (χ2n) is 8.64. The molecule has 0 amide bonds. The number of hydrogen-bond donors (Lipinski definition) is 2. The first kappa shape index (κ1) is 22.1. The second-order valence-corrected chi connectivity index (χ2v) is 9.04. The number of aromatic nitrogens is 3. The predicted octanol–water partition coefficient (Wildman–Crippen LogP) is 3.52. The molecular formula is C23H34ClN7. The molecule has 7 nitrogen and oxygen atoms in total. The number of halogens is 1. The molecule has 2 saturated heterocycles. The van der Waals surface area contributed by atoms with Gasteiger partial charge in [0.15, 0.2) is 5.96 Å². The largest absolute Gasteiger partial charge is 0.357 e. The van der Waals surface area contributed by atoms with E-state index in [-0.39, 0.29) is 0 Å². The maximum absolute atomic E-state index is 6.33. The van der Waals surface area contributed by atoms with Crippen LogP contribution in [0, 0.1) is 5.92 Å². The molecule has 4 rings (SSSR count). The van der Waals surface area contributed by atoms with Gasteiger partial charge in [0.25, 0.3) is 0 Å².